The van der Waals surface area contributed by atoms with Gasteiger partial charge in [-0.1, -0.05) is 42.9 Å². The Hall–Kier alpha value is -0.330. The quantitative estimate of drug-likeness (QED) is 0.873. The lowest BCUT2D eigenvalue weighted by Gasteiger charge is -2.35. The molecule has 1 aliphatic rings. The Morgan fingerprint density at radius 1 is 1.35 bits per heavy atom. The van der Waals surface area contributed by atoms with E-state index in [1.54, 1.807) is 11.3 Å². The Kier molecular flexibility index (Phi) is 6.11. The Morgan fingerprint density at radius 2 is 2.15 bits per heavy atom. The highest BCUT2D eigenvalue weighted by Gasteiger charge is 2.30. The maximum absolute atomic E-state index is 4.33. The first-order valence-electron chi connectivity index (χ1n) is 7.48. The molecule has 0 aliphatic heterocycles. The lowest BCUT2D eigenvalue weighted by molar-refractivity contribution is 0.295. The van der Waals surface area contributed by atoms with E-state index in [9.17, 15) is 0 Å². The summed E-state index contributed by atoms with van der Waals surface area (Å²) in [4.78, 5) is 2.03. The zero-order chi connectivity index (χ0) is 14.5. The van der Waals surface area contributed by atoms with E-state index in [1.807, 2.05) is 30.8 Å². The summed E-state index contributed by atoms with van der Waals surface area (Å²) in [7, 11) is 6.12. The zero-order valence-electron chi connectivity index (χ0n) is 12.9. The number of hydrogen-bond acceptors (Lipinski definition) is 6. The fourth-order valence-electron chi connectivity index (χ4n) is 2.90. The molecular weight excluding hydrogens is 288 g/mol. The molecule has 0 bridgehead atoms. The number of hydrogen-bond donors (Lipinski definition) is 1. The lowest BCUT2D eigenvalue weighted by Crippen LogP contribution is -2.40. The second-order valence-electron chi connectivity index (χ2n) is 5.76. The van der Waals surface area contributed by atoms with Gasteiger partial charge in [-0.05, 0) is 32.2 Å². The molecule has 0 spiro atoms. The van der Waals surface area contributed by atoms with Gasteiger partial charge in [0.05, 0.1) is 0 Å². The van der Waals surface area contributed by atoms with Gasteiger partial charge in [-0.2, -0.15) is 0 Å². The van der Waals surface area contributed by atoms with Crippen molar-refractivity contribution in [3.05, 3.63) is 0 Å². The van der Waals surface area contributed by atoms with Crippen LogP contribution in [0.25, 0.3) is 0 Å². The highest BCUT2D eigenvalue weighted by Crippen LogP contribution is 2.39. The van der Waals surface area contributed by atoms with Crippen molar-refractivity contribution < 1.29 is 0 Å². The normalized spacial score (nSPS) is 26.7. The minimum atomic E-state index is 0.611. The Morgan fingerprint density at radius 3 is 2.75 bits per heavy atom. The second kappa shape index (κ2) is 7.61. The van der Waals surface area contributed by atoms with Crippen LogP contribution in [0.4, 0.5) is 5.13 Å². The number of thioether (sulfide) groups is 1. The summed E-state index contributed by atoms with van der Waals surface area (Å²) in [6.45, 7) is 2.29. The summed E-state index contributed by atoms with van der Waals surface area (Å²) >= 11 is 3.62. The van der Waals surface area contributed by atoms with Crippen LogP contribution in [-0.2, 0) is 0 Å². The number of nitrogens with zero attached hydrogens (tertiary/aromatic N) is 3. The van der Waals surface area contributed by atoms with Crippen molar-refractivity contribution in [2.45, 2.75) is 54.7 Å². The van der Waals surface area contributed by atoms with E-state index in [-0.39, 0.29) is 0 Å². The average molecular weight is 315 g/mol. The molecule has 0 saturated heterocycles. The van der Waals surface area contributed by atoms with Gasteiger partial charge in [-0.3, -0.25) is 0 Å². The Labute approximate surface area is 130 Å². The Balaban J connectivity index is 1.99. The molecular formula is C14H26N4S2. The molecule has 0 amide bonds. The molecule has 1 fully saturated rings. The fraction of sp³-hybridized carbons (Fsp3) is 0.857. The minimum absolute atomic E-state index is 0.611. The topological polar surface area (TPSA) is 41.1 Å². The number of nitrogens with one attached hydrogen (secondary N) is 1. The van der Waals surface area contributed by atoms with Gasteiger partial charge in [-0.25, -0.2) is 0 Å². The third-order valence-corrected chi connectivity index (χ3v) is 6.53. The van der Waals surface area contributed by atoms with Crippen molar-refractivity contribution in [3.63, 3.8) is 0 Å². The Bertz CT molecular complexity index is 408. The fourth-order valence-corrected chi connectivity index (χ4v) is 5.34. The molecule has 20 heavy (non-hydrogen) atoms. The highest BCUT2D eigenvalue weighted by atomic mass is 32.2. The summed E-state index contributed by atoms with van der Waals surface area (Å²) in [5.41, 5.74) is 0. The SMILES string of the molecule is CCCC1CCC(NC)C(Sc2nnc(N(C)C)s2)C1. The van der Waals surface area contributed by atoms with E-state index < -0.39 is 0 Å². The van der Waals surface area contributed by atoms with Gasteiger partial charge in [-0.15, -0.1) is 10.2 Å². The molecule has 1 aliphatic carbocycles. The van der Waals surface area contributed by atoms with Gasteiger partial charge in [0.15, 0.2) is 4.34 Å². The lowest BCUT2D eigenvalue weighted by atomic mass is 9.83. The first-order chi connectivity index (χ1) is 9.63. The third-order valence-electron chi connectivity index (χ3n) is 4.00. The molecule has 6 heteroatoms. The molecule has 0 radical (unpaired) electrons. The number of rotatable bonds is 6. The molecule has 2 rings (SSSR count). The number of anilines is 1. The van der Waals surface area contributed by atoms with E-state index >= 15 is 0 Å². The van der Waals surface area contributed by atoms with E-state index in [0.29, 0.717) is 11.3 Å². The van der Waals surface area contributed by atoms with Crippen molar-refractivity contribution in [1.29, 1.82) is 0 Å². The first-order valence-corrected chi connectivity index (χ1v) is 9.18. The third kappa shape index (κ3) is 4.09. The van der Waals surface area contributed by atoms with Gasteiger partial charge in [0.25, 0.3) is 0 Å². The summed E-state index contributed by atoms with van der Waals surface area (Å²) in [6, 6.07) is 0.611. The maximum atomic E-state index is 4.33. The van der Waals surface area contributed by atoms with E-state index in [1.165, 1.54) is 32.1 Å². The van der Waals surface area contributed by atoms with Crippen molar-refractivity contribution in [2.75, 3.05) is 26.0 Å². The van der Waals surface area contributed by atoms with Crippen LogP contribution in [0.15, 0.2) is 4.34 Å². The van der Waals surface area contributed by atoms with E-state index in [2.05, 4.69) is 29.5 Å². The van der Waals surface area contributed by atoms with Crippen LogP contribution in [0.5, 0.6) is 0 Å². The highest BCUT2D eigenvalue weighted by molar-refractivity contribution is 8.01. The van der Waals surface area contributed by atoms with Crippen LogP contribution in [0.2, 0.25) is 0 Å². The monoisotopic (exact) mass is 314 g/mol. The molecule has 1 saturated carbocycles. The van der Waals surface area contributed by atoms with Crippen LogP contribution >= 0.6 is 23.1 Å². The summed E-state index contributed by atoms with van der Waals surface area (Å²) in [6.07, 6.45) is 6.64. The predicted octanol–water partition coefficient (Wildman–Crippen LogP) is 3.25. The van der Waals surface area contributed by atoms with Crippen molar-refractivity contribution in [1.82, 2.24) is 15.5 Å². The predicted molar refractivity (Wildman–Crippen MR) is 89.0 cm³/mol. The average Bonchev–Trinajstić information content (AvgIpc) is 2.88. The van der Waals surface area contributed by atoms with Crippen LogP contribution < -0.4 is 10.2 Å². The summed E-state index contributed by atoms with van der Waals surface area (Å²) in [5.74, 6) is 0.892. The van der Waals surface area contributed by atoms with E-state index in [0.717, 1.165) is 15.4 Å². The van der Waals surface area contributed by atoms with Crippen molar-refractivity contribution in [3.8, 4) is 0 Å². The summed E-state index contributed by atoms with van der Waals surface area (Å²) in [5, 5.41) is 13.7. The maximum Gasteiger partial charge on any atom is 0.208 e. The van der Waals surface area contributed by atoms with Gasteiger partial charge < -0.3 is 10.2 Å². The standard InChI is InChI=1S/C14H26N4S2/c1-5-6-10-7-8-11(15-2)12(9-10)19-14-17-16-13(20-14)18(3)4/h10-12,15H,5-9H2,1-4H3. The van der Waals surface area contributed by atoms with Gasteiger partial charge in [0.2, 0.25) is 5.13 Å². The van der Waals surface area contributed by atoms with Crippen LogP contribution in [0, 0.1) is 5.92 Å². The molecule has 1 N–H and O–H groups in total. The minimum Gasteiger partial charge on any atom is -0.353 e. The van der Waals surface area contributed by atoms with E-state index in [4.69, 9.17) is 0 Å². The first kappa shape index (κ1) is 16.0. The largest absolute Gasteiger partial charge is 0.353 e. The van der Waals surface area contributed by atoms with Crippen LogP contribution in [0.3, 0.4) is 0 Å². The molecule has 114 valence electrons. The molecule has 3 unspecified atom stereocenters. The summed E-state index contributed by atoms with van der Waals surface area (Å²) < 4.78 is 1.11. The molecule has 3 atom stereocenters. The molecule has 1 aromatic heterocycles. The van der Waals surface area contributed by atoms with Crippen LogP contribution in [0.1, 0.15) is 39.0 Å². The molecule has 4 nitrogen and oxygen atoms in total. The second-order valence-corrected chi connectivity index (χ2v) is 8.21. The smallest absolute Gasteiger partial charge is 0.208 e. The molecule has 1 aromatic rings. The molecule has 0 aromatic carbocycles. The van der Waals surface area contributed by atoms with Gasteiger partial charge >= 0.3 is 0 Å². The number of aromatic nitrogens is 2. The van der Waals surface area contributed by atoms with Gasteiger partial charge in [0, 0.05) is 25.4 Å². The van der Waals surface area contributed by atoms with Gasteiger partial charge in [0.1, 0.15) is 0 Å². The van der Waals surface area contributed by atoms with Crippen molar-refractivity contribution >= 4 is 28.2 Å². The molecule has 1 heterocycles. The van der Waals surface area contributed by atoms with Crippen molar-refractivity contribution in [2.24, 2.45) is 5.92 Å². The van der Waals surface area contributed by atoms with Crippen LogP contribution in [-0.4, -0.2) is 42.6 Å². The zero-order valence-corrected chi connectivity index (χ0v) is 14.6.